The normalized spacial score (nSPS) is 13.9. The summed E-state index contributed by atoms with van der Waals surface area (Å²) in [7, 11) is 1.25. The number of aryl methyl sites for hydroxylation is 1. The Balaban J connectivity index is 2.43. The van der Waals surface area contributed by atoms with Crippen LogP contribution >= 0.6 is 0 Å². The first-order valence-electron chi connectivity index (χ1n) is 11.9. The topological polar surface area (TPSA) is 44.8 Å². The fourth-order valence-electron chi connectivity index (χ4n) is 3.93. The number of rotatable bonds is 12. The number of aldehydes is 1. The summed E-state index contributed by atoms with van der Waals surface area (Å²) in [4.78, 5) is 11.8. The van der Waals surface area contributed by atoms with Gasteiger partial charge in [0.15, 0.2) is 8.32 Å². The van der Waals surface area contributed by atoms with Gasteiger partial charge in [-0.3, -0.25) is 0 Å². The van der Waals surface area contributed by atoms with Crippen molar-refractivity contribution in [3.05, 3.63) is 59.2 Å². The fraction of sp³-hybridized carbons (Fsp3) is 0.536. The van der Waals surface area contributed by atoms with E-state index in [1.807, 2.05) is 13.0 Å². The van der Waals surface area contributed by atoms with Gasteiger partial charge in [0.05, 0.1) is 20.3 Å². The van der Waals surface area contributed by atoms with E-state index in [-0.39, 0.29) is 17.1 Å². The molecule has 0 heterocycles. The molecule has 33 heavy (non-hydrogen) atoms. The van der Waals surface area contributed by atoms with Crippen molar-refractivity contribution in [2.24, 2.45) is 5.92 Å². The van der Waals surface area contributed by atoms with Crippen LogP contribution in [0.25, 0.3) is 0 Å². The van der Waals surface area contributed by atoms with Gasteiger partial charge in [0.1, 0.15) is 17.8 Å². The van der Waals surface area contributed by atoms with Crippen molar-refractivity contribution < 1.29 is 18.7 Å². The van der Waals surface area contributed by atoms with E-state index in [9.17, 15) is 4.79 Å². The van der Waals surface area contributed by atoms with Crippen molar-refractivity contribution in [1.29, 1.82) is 0 Å². The molecule has 0 radical (unpaired) electrons. The van der Waals surface area contributed by atoms with Crippen LogP contribution in [0.3, 0.4) is 0 Å². The van der Waals surface area contributed by atoms with E-state index in [1.165, 1.54) is 5.56 Å². The van der Waals surface area contributed by atoms with Crippen LogP contribution in [0.4, 0.5) is 0 Å². The minimum absolute atomic E-state index is 0.0554. The van der Waals surface area contributed by atoms with Gasteiger partial charge < -0.3 is 18.7 Å². The molecule has 0 bridgehead atoms. The van der Waals surface area contributed by atoms with Gasteiger partial charge in [0.2, 0.25) is 0 Å². The highest BCUT2D eigenvalue weighted by Crippen LogP contribution is 2.45. The largest absolute Gasteiger partial charge is 0.496 e. The summed E-state index contributed by atoms with van der Waals surface area (Å²) in [6, 6.07) is 14.6. The zero-order valence-electron chi connectivity index (χ0n) is 21.7. The van der Waals surface area contributed by atoms with Gasteiger partial charge in [-0.2, -0.15) is 0 Å². The highest BCUT2D eigenvalue weighted by atomic mass is 28.4. The van der Waals surface area contributed by atoms with Crippen LogP contribution < -0.4 is 9.47 Å². The van der Waals surface area contributed by atoms with Gasteiger partial charge in [-0.15, -0.1) is 0 Å². The molecule has 0 amide bonds. The molecule has 2 rings (SSSR count). The summed E-state index contributed by atoms with van der Waals surface area (Å²) in [5.41, 5.74) is 3.31. The maximum atomic E-state index is 11.8. The lowest BCUT2D eigenvalue weighted by Gasteiger charge is -2.41. The number of benzene rings is 2. The lowest BCUT2D eigenvalue weighted by atomic mass is 9.87. The molecule has 0 aliphatic heterocycles. The van der Waals surface area contributed by atoms with E-state index in [4.69, 9.17) is 13.9 Å². The van der Waals surface area contributed by atoms with Crippen molar-refractivity contribution in [3.8, 4) is 11.5 Å². The Morgan fingerprint density at radius 2 is 1.58 bits per heavy atom. The van der Waals surface area contributed by atoms with E-state index >= 15 is 0 Å². The number of carbonyl (C=O) groups is 1. The van der Waals surface area contributed by atoms with Crippen molar-refractivity contribution >= 4 is 14.6 Å². The number of hydrogen-bond acceptors (Lipinski definition) is 4. The molecule has 0 saturated carbocycles. The molecule has 2 atom stereocenters. The lowest BCUT2D eigenvalue weighted by Crippen LogP contribution is -2.43. The molecule has 182 valence electrons. The monoisotopic (exact) mass is 470 g/mol. The minimum Gasteiger partial charge on any atom is -0.496 e. The third-order valence-corrected chi connectivity index (χ3v) is 11.5. The molecule has 2 aromatic rings. The molecule has 0 N–H and O–H groups in total. The van der Waals surface area contributed by atoms with Crippen LogP contribution in [0.5, 0.6) is 11.5 Å². The molecule has 2 aromatic carbocycles. The Morgan fingerprint density at radius 3 is 2.06 bits per heavy atom. The standard InChI is InChI=1S/C28H42O4Si/c1-21-25(30-5)19-24(20-26(21)31-6)27(32-33(7,8)28(2,3)4)23(17-18-29)16-12-15-22-13-10-9-11-14-22/h9-11,13-14,18-20,23,27H,12,15-17H2,1-8H3/t23-,27-/m0/s1. The minimum atomic E-state index is -2.11. The molecule has 4 nitrogen and oxygen atoms in total. The third-order valence-electron chi connectivity index (χ3n) is 7.04. The summed E-state index contributed by atoms with van der Waals surface area (Å²) < 4.78 is 18.3. The molecule has 0 aliphatic carbocycles. The quantitative estimate of drug-likeness (QED) is 0.241. The van der Waals surface area contributed by atoms with Gasteiger partial charge in [0, 0.05) is 12.0 Å². The van der Waals surface area contributed by atoms with Crippen LogP contribution in [0, 0.1) is 12.8 Å². The smallest absolute Gasteiger partial charge is 0.192 e. The number of ether oxygens (including phenoxy) is 2. The van der Waals surface area contributed by atoms with Crippen molar-refractivity contribution in [3.63, 3.8) is 0 Å². The Bertz CT molecular complexity index is 862. The van der Waals surface area contributed by atoms with Gasteiger partial charge in [-0.05, 0) is 73.5 Å². The van der Waals surface area contributed by atoms with Crippen LogP contribution in [0.15, 0.2) is 42.5 Å². The Morgan fingerprint density at radius 1 is 1.00 bits per heavy atom. The second-order valence-corrected chi connectivity index (χ2v) is 15.1. The second kappa shape index (κ2) is 11.8. The number of carbonyl (C=O) groups excluding carboxylic acids is 1. The summed E-state index contributed by atoms with van der Waals surface area (Å²) in [5, 5.41) is 0.0554. The van der Waals surface area contributed by atoms with Crippen LogP contribution in [-0.4, -0.2) is 28.8 Å². The predicted octanol–water partition coefficient (Wildman–Crippen LogP) is 7.30. The van der Waals surface area contributed by atoms with E-state index in [1.54, 1.807) is 14.2 Å². The first-order chi connectivity index (χ1) is 15.5. The fourth-order valence-corrected chi connectivity index (χ4v) is 5.25. The molecule has 0 fully saturated rings. The number of hydrogen-bond donors (Lipinski definition) is 0. The zero-order valence-corrected chi connectivity index (χ0v) is 22.7. The van der Waals surface area contributed by atoms with Crippen LogP contribution in [0.2, 0.25) is 18.1 Å². The lowest BCUT2D eigenvalue weighted by molar-refractivity contribution is -0.109. The molecular formula is C28H42O4Si. The predicted molar refractivity (Wildman–Crippen MR) is 139 cm³/mol. The van der Waals surface area contributed by atoms with E-state index < -0.39 is 8.32 Å². The van der Waals surface area contributed by atoms with Gasteiger partial charge in [-0.25, -0.2) is 0 Å². The summed E-state index contributed by atoms with van der Waals surface area (Å²) >= 11 is 0. The zero-order chi connectivity index (χ0) is 24.6. The second-order valence-electron chi connectivity index (χ2n) is 10.4. The molecule has 0 saturated heterocycles. The van der Waals surface area contributed by atoms with Crippen LogP contribution in [0.1, 0.15) is 62.8 Å². The molecule has 0 aromatic heterocycles. The highest BCUT2D eigenvalue weighted by molar-refractivity contribution is 6.74. The Labute approximate surface area is 201 Å². The highest BCUT2D eigenvalue weighted by Gasteiger charge is 2.41. The van der Waals surface area contributed by atoms with E-state index in [2.05, 4.69) is 70.3 Å². The molecular weight excluding hydrogens is 428 g/mol. The molecule has 0 spiro atoms. The summed E-state index contributed by atoms with van der Waals surface area (Å²) in [6.07, 6.45) is 4.20. The Hall–Kier alpha value is -2.11. The summed E-state index contributed by atoms with van der Waals surface area (Å²) in [6.45, 7) is 13.3. The molecule has 5 heteroatoms. The average Bonchev–Trinajstić information content (AvgIpc) is 2.77. The van der Waals surface area contributed by atoms with Gasteiger partial charge in [-0.1, -0.05) is 51.1 Å². The van der Waals surface area contributed by atoms with Crippen LogP contribution in [-0.2, 0) is 15.6 Å². The van der Waals surface area contributed by atoms with Gasteiger partial charge >= 0.3 is 0 Å². The van der Waals surface area contributed by atoms with Crippen molar-refractivity contribution in [1.82, 2.24) is 0 Å². The maximum absolute atomic E-state index is 11.8. The van der Waals surface area contributed by atoms with Gasteiger partial charge in [0.25, 0.3) is 0 Å². The summed E-state index contributed by atoms with van der Waals surface area (Å²) in [5.74, 6) is 1.64. The van der Waals surface area contributed by atoms with E-state index in [0.717, 1.165) is 48.2 Å². The molecule has 0 unspecified atom stereocenters. The average molecular weight is 471 g/mol. The van der Waals surface area contributed by atoms with Crippen molar-refractivity contribution in [2.75, 3.05) is 14.2 Å². The van der Waals surface area contributed by atoms with E-state index in [0.29, 0.717) is 6.42 Å². The molecule has 0 aliphatic rings. The third kappa shape index (κ3) is 7.18. The Kier molecular flexibility index (Phi) is 9.74. The first kappa shape index (κ1) is 27.1. The first-order valence-corrected chi connectivity index (χ1v) is 14.8. The number of methoxy groups -OCH3 is 2. The van der Waals surface area contributed by atoms with Crippen molar-refractivity contribution in [2.45, 2.75) is 77.6 Å². The maximum Gasteiger partial charge on any atom is 0.192 e. The SMILES string of the molecule is COc1cc([C@@H](O[Si](C)(C)C(C)(C)C)[C@H](CC=O)CCCc2ccccc2)cc(OC)c1C.